The third kappa shape index (κ3) is 2.52. The molecule has 0 unspecified atom stereocenters. The van der Waals surface area contributed by atoms with Crippen LogP contribution in [0.2, 0.25) is 0 Å². The average Bonchev–Trinajstić information content (AvgIpc) is 3.05. The number of aromatic nitrogens is 1. The van der Waals surface area contributed by atoms with Crippen LogP contribution in [0.15, 0.2) is 23.4 Å². The number of rotatable bonds is 2. The van der Waals surface area contributed by atoms with Gasteiger partial charge in [0.05, 0.1) is 24.0 Å². The van der Waals surface area contributed by atoms with E-state index in [0.717, 1.165) is 25.1 Å². The van der Waals surface area contributed by atoms with Crippen molar-refractivity contribution >= 4 is 12.1 Å². The molecule has 4 nitrogen and oxygen atoms in total. The Labute approximate surface area is 113 Å². The van der Waals surface area contributed by atoms with E-state index in [2.05, 4.69) is 10.1 Å². The molecule has 20 heavy (non-hydrogen) atoms. The van der Waals surface area contributed by atoms with E-state index in [1.54, 1.807) is 0 Å². The number of alkyl halides is 3. The van der Waals surface area contributed by atoms with Gasteiger partial charge in [0, 0.05) is 12.6 Å². The fourth-order valence-corrected chi connectivity index (χ4v) is 2.27. The van der Waals surface area contributed by atoms with Gasteiger partial charge in [-0.1, -0.05) is 0 Å². The summed E-state index contributed by atoms with van der Waals surface area (Å²) in [5, 5.41) is 5.40. The van der Waals surface area contributed by atoms with Crippen molar-refractivity contribution in [3.63, 3.8) is 0 Å². The number of halogens is 3. The second kappa shape index (κ2) is 4.29. The Hall–Kier alpha value is -1.92. The van der Waals surface area contributed by atoms with Gasteiger partial charge in [0.1, 0.15) is 0 Å². The van der Waals surface area contributed by atoms with Crippen molar-refractivity contribution in [3.8, 4) is 0 Å². The van der Waals surface area contributed by atoms with Crippen molar-refractivity contribution in [3.05, 3.63) is 29.6 Å². The van der Waals surface area contributed by atoms with Crippen molar-refractivity contribution in [2.45, 2.75) is 25.4 Å². The number of amides is 1. The number of nitrogens with zero attached hydrogens (tertiary/aromatic N) is 3. The normalized spacial score (nSPS) is 21.1. The van der Waals surface area contributed by atoms with Gasteiger partial charge in [0.15, 0.2) is 0 Å². The number of carbonyl (C=O) groups is 1. The van der Waals surface area contributed by atoms with Gasteiger partial charge in [-0.2, -0.15) is 18.3 Å². The van der Waals surface area contributed by atoms with Gasteiger partial charge >= 0.3 is 6.18 Å². The van der Waals surface area contributed by atoms with E-state index < -0.39 is 11.7 Å². The molecule has 0 radical (unpaired) electrons. The summed E-state index contributed by atoms with van der Waals surface area (Å²) in [5.41, 5.74) is -0.395. The lowest BCUT2D eigenvalue weighted by atomic mass is 10.1. The van der Waals surface area contributed by atoms with E-state index in [9.17, 15) is 18.0 Å². The lowest BCUT2D eigenvalue weighted by molar-refractivity contribution is -0.137. The summed E-state index contributed by atoms with van der Waals surface area (Å²) in [5.74, 6) is -0.0364. The average molecular weight is 283 g/mol. The standard InChI is InChI=1S/C13H12F3N3O/c14-13(15,16)9-1-2-10(17-6-9)7-18-19-8-12(3-4-12)5-11(19)20/h1-2,6-7H,3-5,8H2/b18-7+. The monoisotopic (exact) mass is 283 g/mol. The Kier molecular flexibility index (Phi) is 2.81. The second-order valence-electron chi connectivity index (χ2n) is 5.34. The lowest BCUT2D eigenvalue weighted by Crippen LogP contribution is -2.19. The molecule has 0 bridgehead atoms. The van der Waals surface area contributed by atoms with Gasteiger partial charge in [0.2, 0.25) is 5.91 Å². The summed E-state index contributed by atoms with van der Waals surface area (Å²) in [6, 6.07) is 2.18. The van der Waals surface area contributed by atoms with Gasteiger partial charge in [-0.25, -0.2) is 5.01 Å². The molecule has 1 saturated carbocycles. The SMILES string of the molecule is O=C1CC2(CC2)CN1/N=C/c1ccc(C(F)(F)F)cn1. The molecular weight excluding hydrogens is 271 g/mol. The Morgan fingerprint density at radius 1 is 1.35 bits per heavy atom. The van der Waals surface area contributed by atoms with Crippen molar-refractivity contribution in [1.82, 2.24) is 9.99 Å². The topological polar surface area (TPSA) is 45.6 Å². The van der Waals surface area contributed by atoms with Crippen molar-refractivity contribution < 1.29 is 18.0 Å². The molecule has 7 heteroatoms. The first-order chi connectivity index (χ1) is 9.38. The first kappa shape index (κ1) is 13.1. The number of carbonyl (C=O) groups excluding carboxylic acids is 1. The van der Waals surface area contributed by atoms with Crippen LogP contribution in [-0.2, 0) is 11.0 Å². The molecule has 1 aliphatic carbocycles. The zero-order valence-electron chi connectivity index (χ0n) is 10.5. The molecule has 2 fully saturated rings. The number of pyridine rings is 1. The highest BCUT2D eigenvalue weighted by Crippen LogP contribution is 2.53. The molecule has 2 heterocycles. The van der Waals surface area contributed by atoms with Gasteiger partial charge in [0.25, 0.3) is 0 Å². The first-order valence-corrected chi connectivity index (χ1v) is 6.26. The maximum atomic E-state index is 12.4. The predicted octanol–water partition coefficient (Wildman–Crippen LogP) is 2.45. The van der Waals surface area contributed by atoms with E-state index >= 15 is 0 Å². The zero-order valence-corrected chi connectivity index (χ0v) is 10.5. The summed E-state index contributed by atoms with van der Waals surface area (Å²) in [6.07, 6.45) is 0.290. The Balaban J connectivity index is 1.68. The number of hydrazone groups is 1. The Bertz CT molecular complexity index is 561. The number of hydrogen-bond donors (Lipinski definition) is 0. The fourth-order valence-electron chi connectivity index (χ4n) is 2.27. The molecule has 1 aromatic heterocycles. The van der Waals surface area contributed by atoms with Gasteiger partial charge in [-0.15, -0.1) is 0 Å². The highest BCUT2D eigenvalue weighted by Gasteiger charge is 2.51. The first-order valence-electron chi connectivity index (χ1n) is 6.26. The van der Waals surface area contributed by atoms with Crippen LogP contribution in [0.4, 0.5) is 13.2 Å². The van der Waals surface area contributed by atoms with Crippen LogP contribution in [0.5, 0.6) is 0 Å². The minimum absolute atomic E-state index is 0.0364. The molecule has 0 N–H and O–H groups in total. The van der Waals surface area contributed by atoms with Crippen LogP contribution < -0.4 is 0 Å². The largest absolute Gasteiger partial charge is 0.417 e. The van der Waals surface area contributed by atoms with E-state index in [4.69, 9.17) is 0 Å². The van der Waals surface area contributed by atoms with Crippen LogP contribution in [0.25, 0.3) is 0 Å². The van der Waals surface area contributed by atoms with Crippen LogP contribution in [0, 0.1) is 5.41 Å². The van der Waals surface area contributed by atoms with E-state index in [-0.39, 0.29) is 11.3 Å². The predicted molar refractivity (Wildman–Crippen MR) is 64.8 cm³/mol. The maximum Gasteiger partial charge on any atom is 0.417 e. The van der Waals surface area contributed by atoms with Crippen molar-refractivity contribution in [1.29, 1.82) is 0 Å². The fraction of sp³-hybridized carbons (Fsp3) is 0.462. The van der Waals surface area contributed by atoms with Gasteiger partial charge in [-0.3, -0.25) is 9.78 Å². The van der Waals surface area contributed by atoms with E-state index in [1.807, 2.05) is 0 Å². The Morgan fingerprint density at radius 2 is 2.10 bits per heavy atom. The third-order valence-corrected chi connectivity index (χ3v) is 3.70. The second-order valence-corrected chi connectivity index (χ2v) is 5.34. The van der Waals surface area contributed by atoms with Crippen LogP contribution in [0.3, 0.4) is 0 Å². The van der Waals surface area contributed by atoms with Crippen molar-refractivity contribution in [2.24, 2.45) is 10.5 Å². The molecule has 1 amide bonds. The van der Waals surface area contributed by atoms with Crippen LogP contribution in [-0.4, -0.2) is 28.7 Å². The summed E-state index contributed by atoms with van der Waals surface area (Å²) in [4.78, 5) is 15.4. The van der Waals surface area contributed by atoms with Gasteiger partial charge in [-0.05, 0) is 30.4 Å². The molecule has 106 valence electrons. The number of hydrogen-bond acceptors (Lipinski definition) is 3. The highest BCUT2D eigenvalue weighted by atomic mass is 19.4. The molecule has 1 saturated heterocycles. The van der Waals surface area contributed by atoms with E-state index in [1.165, 1.54) is 17.3 Å². The summed E-state index contributed by atoms with van der Waals surface area (Å²) in [6.45, 7) is 0.600. The Morgan fingerprint density at radius 3 is 2.60 bits per heavy atom. The molecule has 0 aromatic carbocycles. The smallest absolute Gasteiger partial charge is 0.273 e. The molecule has 0 atom stereocenters. The zero-order chi connectivity index (χ0) is 14.4. The lowest BCUT2D eigenvalue weighted by Gasteiger charge is -2.09. The van der Waals surface area contributed by atoms with Gasteiger partial charge < -0.3 is 0 Å². The molecular formula is C13H12F3N3O. The van der Waals surface area contributed by atoms with E-state index in [0.29, 0.717) is 18.7 Å². The molecule has 1 spiro atoms. The minimum atomic E-state index is -4.40. The summed E-state index contributed by atoms with van der Waals surface area (Å²) >= 11 is 0. The highest BCUT2D eigenvalue weighted by molar-refractivity contribution is 5.83. The molecule has 1 aliphatic heterocycles. The summed E-state index contributed by atoms with van der Waals surface area (Å²) < 4.78 is 37.1. The molecule has 3 rings (SSSR count). The molecule has 2 aliphatic rings. The minimum Gasteiger partial charge on any atom is -0.273 e. The maximum absolute atomic E-state index is 12.4. The van der Waals surface area contributed by atoms with Crippen LogP contribution in [0.1, 0.15) is 30.5 Å². The molecule has 1 aromatic rings. The summed E-state index contributed by atoms with van der Waals surface area (Å²) in [7, 11) is 0. The quantitative estimate of drug-likeness (QED) is 0.783. The van der Waals surface area contributed by atoms with Crippen molar-refractivity contribution in [2.75, 3.05) is 6.54 Å². The third-order valence-electron chi connectivity index (χ3n) is 3.70. The van der Waals surface area contributed by atoms with Crippen LogP contribution >= 0.6 is 0 Å².